The molecule has 0 bridgehead atoms. The lowest BCUT2D eigenvalue weighted by Gasteiger charge is -2.32. The molecule has 112 valence electrons. The van der Waals surface area contributed by atoms with Crippen LogP contribution in [-0.2, 0) is 11.3 Å². The zero-order valence-electron chi connectivity index (χ0n) is 11.9. The van der Waals surface area contributed by atoms with Gasteiger partial charge in [-0.1, -0.05) is 18.2 Å². The second-order valence-corrected chi connectivity index (χ2v) is 5.45. The molecular weight excluding hydrogens is 268 g/mol. The molecule has 5 nitrogen and oxygen atoms in total. The standard InChI is InChI=1S/C16H20N2O3/c19-16(6-8-20-9-7-16)12-17-10-14-11-21-15(18-14)13-4-2-1-3-5-13/h1-5,11,17,19H,6-10,12H2. The lowest BCUT2D eigenvalue weighted by atomic mass is 9.94. The molecule has 1 aliphatic rings. The van der Waals surface area contributed by atoms with Gasteiger partial charge < -0.3 is 19.6 Å². The van der Waals surface area contributed by atoms with Crippen molar-refractivity contribution in [2.75, 3.05) is 19.8 Å². The highest BCUT2D eigenvalue weighted by atomic mass is 16.5. The molecule has 1 fully saturated rings. The second-order valence-electron chi connectivity index (χ2n) is 5.45. The van der Waals surface area contributed by atoms with Gasteiger partial charge in [-0.3, -0.25) is 0 Å². The summed E-state index contributed by atoms with van der Waals surface area (Å²) in [4.78, 5) is 4.45. The number of nitrogens with one attached hydrogen (secondary N) is 1. The van der Waals surface area contributed by atoms with E-state index in [1.54, 1.807) is 6.26 Å². The van der Waals surface area contributed by atoms with E-state index in [0.29, 0.717) is 45.0 Å². The van der Waals surface area contributed by atoms with Gasteiger partial charge in [0.05, 0.1) is 11.3 Å². The molecule has 0 atom stereocenters. The number of aliphatic hydroxyl groups is 1. The zero-order chi connectivity index (χ0) is 14.5. The van der Waals surface area contributed by atoms with Crippen molar-refractivity contribution >= 4 is 0 Å². The van der Waals surface area contributed by atoms with Gasteiger partial charge in [0.1, 0.15) is 6.26 Å². The predicted octanol–water partition coefficient (Wildman–Crippen LogP) is 1.97. The summed E-state index contributed by atoms with van der Waals surface area (Å²) in [6.07, 6.45) is 3.01. The van der Waals surface area contributed by atoms with Crippen LogP contribution in [0.3, 0.4) is 0 Å². The van der Waals surface area contributed by atoms with Crippen LogP contribution >= 0.6 is 0 Å². The summed E-state index contributed by atoms with van der Waals surface area (Å²) in [5.41, 5.74) is 1.14. The molecule has 1 saturated heterocycles. The Hall–Kier alpha value is -1.69. The van der Waals surface area contributed by atoms with Gasteiger partial charge in [0.25, 0.3) is 0 Å². The van der Waals surface area contributed by atoms with Crippen LogP contribution in [0.5, 0.6) is 0 Å². The molecule has 0 radical (unpaired) electrons. The minimum atomic E-state index is -0.662. The first-order chi connectivity index (χ1) is 10.3. The van der Waals surface area contributed by atoms with Crippen molar-refractivity contribution in [2.45, 2.75) is 25.0 Å². The summed E-state index contributed by atoms with van der Waals surface area (Å²) >= 11 is 0. The number of nitrogens with zero attached hydrogens (tertiary/aromatic N) is 1. The number of benzene rings is 1. The zero-order valence-corrected chi connectivity index (χ0v) is 11.9. The Kier molecular flexibility index (Phi) is 4.34. The smallest absolute Gasteiger partial charge is 0.226 e. The fraction of sp³-hybridized carbons (Fsp3) is 0.438. The highest BCUT2D eigenvalue weighted by Crippen LogP contribution is 2.20. The maximum absolute atomic E-state index is 10.3. The first-order valence-electron chi connectivity index (χ1n) is 7.26. The highest BCUT2D eigenvalue weighted by Gasteiger charge is 2.29. The third kappa shape index (κ3) is 3.69. The van der Waals surface area contributed by atoms with Gasteiger partial charge in [-0.25, -0.2) is 4.98 Å². The van der Waals surface area contributed by atoms with E-state index in [-0.39, 0.29) is 0 Å². The molecule has 0 amide bonds. The van der Waals surface area contributed by atoms with Crippen molar-refractivity contribution in [1.82, 2.24) is 10.3 Å². The number of ether oxygens (including phenoxy) is 1. The average Bonchev–Trinajstić information content (AvgIpc) is 2.98. The van der Waals surface area contributed by atoms with Gasteiger partial charge in [-0.2, -0.15) is 0 Å². The number of aromatic nitrogens is 1. The normalized spacial score (nSPS) is 17.8. The molecule has 0 saturated carbocycles. The molecule has 0 spiro atoms. The topological polar surface area (TPSA) is 67.5 Å². The molecule has 2 aromatic rings. The van der Waals surface area contributed by atoms with Crippen LogP contribution in [0.15, 0.2) is 41.0 Å². The average molecular weight is 288 g/mol. The minimum absolute atomic E-state index is 0.546. The van der Waals surface area contributed by atoms with Crippen LogP contribution in [0.1, 0.15) is 18.5 Å². The fourth-order valence-corrected chi connectivity index (χ4v) is 2.45. The monoisotopic (exact) mass is 288 g/mol. The Morgan fingerprint density at radius 3 is 2.71 bits per heavy atom. The van der Waals surface area contributed by atoms with Crippen LogP contribution in [0.2, 0.25) is 0 Å². The highest BCUT2D eigenvalue weighted by molar-refractivity contribution is 5.52. The molecule has 1 aromatic heterocycles. The maximum Gasteiger partial charge on any atom is 0.226 e. The summed E-state index contributed by atoms with van der Waals surface area (Å²) in [5, 5.41) is 13.6. The lowest BCUT2D eigenvalue weighted by molar-refractivity contribution is -0.0617. The number of hydrogen-bond donors (Lipinski definition) is 2. The second kappa shape index (κ2) is 6.39. The third-order valence-corrected chi connectivity index (χ3v) is 3.76. The van der Waals surface area contributed by atoms with Crippen molar-refractivity contribution in [2.24, 2.45) is 0 Å². The van der Waals surface area contributed by atoms with Gasteiger partial charge in [0.2, 0.25) is 5.89 Å². The first-order valence-corrected chi connectivity index (χ1v) is 7.26. The van der Waals surface area contributed by atoms with E-state index in [2.05, 4.69) is 10.3 Å². The molecule has 0 aliphatic carbocycles. The third-order valence-electron chi connectivity index (χ3n) is 3.76. The molecule has 5 heteroatoms. The van der Waals surface area contributed by atoms with Crippen molar-refractivity contribution in [3.8, 4) is 11.5 Å². The fourth-order valence-electron chi connectivity index (χ4n) is 2.45. The van der Waals surface area contributed by atoms with E-state index in [9.17, 15) is 5.11 Å². The molecular formula is C16H20N2O3. The van der Waals surface area contributed by atoms with E-state index in [1.165, 1.54) is 0 Å². The predicted molar refractivity (Wildman–Crippen MR) is 78.6 cm³/mol. The van der Waals surface area contributed by atoms with Crippen molar-refractivity contribution in [3.63, 3.8) is 0 Å². The van der Waals surface area contributed by atoms with Gasteiger partial charge in [-0.15, -0.1) is 0 Å². The molecule has 0 unspecified atom stereocenters. The lowest BCUT2D eigenvalue weighted by Crippen LogP contribution is -2.44. The molecule has 1 aromatic carbocycles. The van der Waals surface area contributed by atoms with Crippen molar-refractivity contribution < 1.29 is 14.3 Å². The van der Waals surface area contributed by atoms with Crippen LogP contribution in [0, 0.1) is 0 Å². The summed E-state index contributed by atoms with van der Waals surface area (Å²) in [7, 11) is 0. The molecule has 3 rings (SSSR count). The number of hydrogen-bond acceptors (Lipinski definition) is 5. The van der Waals surface area contributed by atoms with Crippen LogP contribution in [0.4, 0.5) is 0 Å². The maximum atomic E-state index is 10.3. The van der Waals surface area contributed by atoms with E-state index in [0.717, 1.165) is 11.3 Å². The van der Waals surface area contributed by atoms with Crippen LogP contribution < -0.4 is 5.32 Å². The van der Waals surface area contributed by atoms with E-state index in [1.807, 2.05) is 30.3 Å². The van der Waals surface area contributed by atoms with E-state index >= 15 is 0 Å². The van der Waals surface area contributed by atoms with Gasteiger partial charge in [0, 0.05) is 44.7 Å². The van der Waals surface area contributed by atoms with Gasteiger partial charge in [-0.05, 0) is 12.1 Å². The SMILES string of the molecule is OC1(CNCc2coc(-c3ccccc3)n2)CCOCC1. The van der Waals surface area contributed by atoms with Crippen LogP contribution in [-0.4, -0.2) is 35.5 Å². The van der Waals surface area contributed by atoms with Crippen molar-refractivity contribution in [3.05, 3.63) is 42.3 Å². The summed E-state index contributed by atoms with van der Waals surface area (Å²) in [6, 6.07) is 9.81. The molecule has 1 aliphatic heterocycles. The Bertz CT molecular complexity index is 562. The summed E-state index contributed by atoms with van der Waals surface area (Å²) in [6.45, 7) is 2.38. The first kappa shape index (κ1) is 14.3. The van der Waals surface area contributed by atoms with Gasteiger partial charge in [0.15, 0.2) is 0 Å². The van der Waals surface area contributed by atoms with E-state index in [4.69, 9.17) is 9.15 Å². The molecule has 2 heterocycles. The number of oxazole rings is 1. The Morgan fingerprint density at radius 1 is 1.19 bits per heavy atom. The summed E-state index contributed by atoms with van der Waals surface area (Å²) < 4.78 is 10.8. The quantitative estimate of drug-likeness (QED) is 0.880. The Labute approximate surface area is 124 Å². The Morgan fingerprint density at radius 2 is 1.95 bits per heavy atom. The molecule has 2 N–H and O–H groups in total. The summed E-state index contributed by atoms with van der Waals surface area (Å²) in [5.74, 6) is 0.622. The minimum Gasteiger partial charge on any atom is -0.444 e. The van der Waals surface area contributed by atoms with Crippen molar-refractivity contribution in [1.29, 1.82) is 0 Å². The molecule has 21 heavy (non-hydrogen) atoms. The van der Waals surface area contributed by atoms with Gasteiger partial charge >= 0.3 is 0 Å². The number of rotatable bonds is 5. The van der Waals surface area contributed by atoms with E-state index < -0.39 is 5.60 Å². The Balaban J connectivity index is 1.53. The van der Waals surface area contributed by atoms with Crippen LogP contribution in [0.25, 0.3) is 11.5 Å². The largest absolute Gasteiger partial charge is 0.444 e.